The molecule has 0 aliphatic carbocycles. The Labute approximate surface area is 109 Å². The van der Waals surface area contributed by atoms with Crippen LogP contribution in [-0.2, 0) is 0 Å². The van der Waals surface area contributed by atoms with E-state index in [9.17, 15) is 0 Å². The lowest BCUT2D eigenvalue weighted by atomic mass is 10.2. The molecule has 0 aromatic heterocycles. The minimum Gasteiger partial charge on any atom is -0.396 e. The highest BCUT2D eigenvalue weighted by Crippen LogP contribution is 2.10. The van der Waals surface area contributed by atoms with Gasteiger partial charge in [-0.1, -0.05) is 13.8 Å². The Morgan fingerprint density at radius 2 is 1.81 bits per heavy atom. The maximum atomic E-state index is 8.97. The Balaban J connectivity index is 3.67. The summed E-state index contributed by atoms with van der Waals surface area (Å²) < 4.78 is 0. The summed E-state index contributed by atoms with van der Waals surface area (Å²) in [5.74, 6) is 4.25. The van der Waals surface area contributed by atoms with Gasteiger partial charge >= 0.3 is 0 Å². The van der Waals surface area contributed by atoms with Gasteiger partial charge in [0.05, 0.1) is 0 Å². The zero-order chi connectivity index (χ0) is 12.4. The molecule has 0 aromatic carbocycles. The van der Waals surface area contributed by atoms with E-state index in [1.165, 1.54) is 5.75 Å². The first kappa shape index (κ1) is 16.6. The lowest BCUT2D eigenvalue weighted by Gasteiger charge is -2.22. The van der Waals surface area contributed by atoms with Crippen molar-refractivity contribution in [2.24, 2.45) is 5.92 Å². The van der Waals surface area contributed by atoms with E-state index in [1.54, 1.807) is 0 Å². The average Bonchev–Trinajstić information content (AvgIpc) is 2.17. The number of aliphatic hydroxyl groups is 1. The summed E-state index contributed by atoms with van der Waals surface area (Å²) in [5.41, 5.74) is 0. The van der Waals surface area contributed by atoms with Crippen molar-refractivity contribution < 1.29 is 5.11 Å². The molecule has 0 amide bonds. The fourth-order valence-corrected chi connectivity index (χ4v) is 3.23. The summed E-state index contributed by atoms with van der Waals surface area (Å²) in [6.07, 6.45) is 2.98. The fourth-order valence-electron chi connectivity index (χ4n) is 1.50. The second-order valence-corrected chi connectivity index (χ2v) is 6.65. The van der Waals surface area contributed by atoms with Crippen LogP contribution in [0.3, 0.4) is 0 Å². The van der Waals surface area contributed by atoms with Crippen molar-refractivity contribution in [1.82, 2.24) is 5.32 Å². The van der Waals surface area contributed by atoms with Crippen molar-refractivity contribution in [2.75, 3.05) is 30.1 Å². The molecular weight excluding hydrogens is 238 g/mol. The third-order valence-corrected chi connectivity index (χ3v) is 4.56. The maximum Gasteiger partial charge on any atom is 0.0446 e. The van der Waals surface area contributed by atoms with Crippen molar-refractivity contribution in [3.8, 4) is 0 Å². The Kier molecular flexibility index (Phi) is 11.2. The van der Waals surface area contributed by atoms with Gasteiger partial charge in [0.15, 0.2) is 0 Å². The number of thioether (sulfide) groups is 2. The molecule has 0 saturated heterocycles. The Bertz CT molecular complexity index is 150. The van der Waals surface area contributed by atoms with Gasteiger partial charge in [0.25, 0.3) is 0 Å². The van der Waals surface area contributed by atoms with E-state index < -0.39 is 0 Å². The molecule has 0 bridgehead atoms. The van der Waals surface area contributed by atoms with Crippen LogP contribution in [0.15, 0.2) is 0 Å². The van der Waals surface area contributed by atoms with E-state index in [4.69, 9.17) is 5.11 Å². The molecule has 0 fully saturated rings. The van der Waals surface area contributed by atoms with Crippen LogP contribution in [-0.4, -0.2) is 47.3 Å². The van der Waals surface area contributed by atoms with Gasteiger partial charge in [0.1, 0.15) is 0 Å². The van der Waals surface area contributed by atoms with E-state index in [-0.39, 0.29) is 6.61 Å². The molecule has 0 spiro atoms. The van der Waals surface area contributed by atoms with Crippen LogP contribution in [0, 0.1) is 5.92 Å². The van der Waals surface area contributed by atoms with Crippen LogP contribution in [0.1, 0.15) is 27.2 Å². The maximum absolute atomic E-state index is 8.97. The normalized spacial score (nSPS) is 15.4. The molecule has 2 atom stereocenters. The van der Waals surface area contributed by atoms with E-state index in [2.05, 4.69) is 32.3 Å². The lowest BCUT2D eigenvalue weighted by molar-refractivity contribution is 0.267. The van der Waals surface area contributed by atoms with Gasteiger partial charge in [-0.3, -0.25) is 0 Å². The van der Waals surface area contributed by atoms with Gasteiger partial charge in [-0.05, 0) is 31.3 Å². The first-order chi connectivity index (χ1) is 7.60. The molecule has 2 unspecified atom stereocenters. The summed E-state index contributed by atoms with van der Waals surface area (Å²) >= 11 is 3.86. The number of hydrogen-bond donors (Lipinski definition) is 2. The predicted molar refractivity (Wildman–Crippen MR) is 78.6 cm³/mol. The smallest absolute Gasteiger partial charge is 0.0446 e. The molecule has 98 valence electrons. The third-order valence-electron chi connectivity index (χ3n) is 2.18. The standard InChI is InChI=1S/C12H27NOS2/c1-10(2)7-16-8-11(3)13-12(5-6-14)9-15-4/h10-14H,5-9H2,1-4H3. The molecule has 2 N–H and O–H groups in total. The number of hydrogen-bond acceptors (Lipinski definition) is 4. The highest BCUT2D eigenvalue weighted by molar-refractivity contribution is 7.99. The van der Waals surface area contributed by atoms with Crippen LogP contribution in [0.2, 0.25) is 0 Å². The molecular formula is C12H27NOS2. The zero-order valence-corrected chi connectivity index (χ0v) is 12.7. The minimum atomic E-state index is 0.282. The highest BCUT2D eigenvalue weighted by Gasteiger charge is 2.11. The van der Waals surface area contributed by atoms with Gasteiger partial charge in [-0.15, -0.1) is 0 Å². The van der Waals surface area contributed by atoms with Gasteiger partial charge in [-0.25, -0.2) is 0 Å². The van der Waals surface area contributed by atoms with Crippen molar-refractivity contribution in [3.05, 3.63) is 0 Å². The van der Waals surface area contributed by atoms with Crippen LogP contribution in [0.25, 0.3) is 0 Å². The first-order valence-corrected chi connectivity index (χ1v) is 8.58. The molecule has 0 heterocycles. The zero-order valence-electron chi connectivity index (χ0n) is 11.0. The summed E-state index contributed by atoms with van der Waals surface area (Å²) in [6, 6.07) is 0.988. The van der Waals surface area contributed by atoms with Crippen LogP contribution in [0.4, 0.5) is 0 Å². The third kappa shape index (κ3) is 9.82. The summed E-state index contributed by atoms with van der Waals surface area (Å²) in [7, 11) is 0. The van der Waals surface area contributed by atoms with Gasteiger partial charge < -0.3 is 10.4 Å². The van der Waals surface area contributed by atoms with Crippen LogP contribution < -0.4 is 5.32 Å². The van der Waals surface area contributed by atoms with E-state index in [0.29, 0.717) is 12.1 Å². The second-order valence-electron chi connectivity index (χ2n) is 4.66. The number of rotatable bonds is 10. The summed E-state index contributed by atoms with van der Waals surface area (Å²) in [6.45, 7) is 7.03. The van der Waals surface area contributed by atoms with Crippen molar-refractivity contribution in [1.29, 1.82) is 0 Å². The molecule has 16 heavy (non-hydrogen) atoms. The monoisotopic (exact) mass is 265 g/mol. The molecule has 0 radical (unpaired) electrons. The highest BCUT2D eigenvalue weighted by atomic mass is 32.2. The second kappa shape index (κ2) is 10.8. The van der Waals surface area contributed by atoms with Crippen molar-refractivity contribution in [2.45, 2.75) is 39.3 Å². The molecule has 0 saturated carbocycles. The molecule has 0 aliphatic rings. The van der Waals surface area contributed by atoms with Crippen molar-refractivity contribution >= 4 is 23.5 Å². The van der Waals surface area contributed by atoms with E-state index in [1.807, 2.05) is 23.5 Å². The van der Waals surface area contributed by atoms with Crippen LogP contribution >= 0.6 is 23.5 Å². The molecule has 0 aliphatic heterocycles. The molecule has 2 nitrogen and oxygen atoms in total. The Morgan fingerprint density at radius 1 is 1.12 bits per heavy atom. The SMILES string of the molecule is CSCC(CCO)NC(C)CSCC(C)C. The molecule has 0 aromatic rings. The average molecular weight is 265 g/mol. The molecule has 0 rings (SSSR count). The summed E-state index contributed by atoms with van der Waals surface area (Å²) in [5, 5.41) is 12.6. The van der Waals surface area contributed by atoms with E-state index >= 15 is 0 Å². The minimum absolute atomic E-state index is 0.282. The number of nitrogens with one attached hydrogen (secondary N) is 1. The quantitative estimate of drug-likeness (QED) is 0.635. The van der Waals surface area contributed by atoms with E-state index in [0.717, 1.165) is 23.8 Å². The van der Waals surface area contributed by atoms with Crippen LogP contribution in [0.5, 0.6) is 0 Å². The largest absolute Gasteiger partial charge is 0.396 e. The Hall–Kier alpha value is 0.620. The van der Waals surface area contributed by atoms with Gasteiger partial charge in [0, 0.05) is 30.2 Å². The van der Waals surface area contributed by atoms with Gasteiger partial charge in [0.2, 0.25) is 0 Å². The fraction of sp³-hybridized carbons (Fsp3) is 1.00. The van der Waals surface area contributed by atoms with Crippen molar-refractivity contribution in [3.63, 3.8) is 0 Å². The van der Waals surface area contributed by atoms with Gasteiger partial charge in [-0.2, -0.15) is 23.5 Å². The lowest BCUT2D eigenvalue weighted by Crippen LogP contribution is -2.40. The predicted octanol–water partition coefficient (Wildman–Crippen LogP) is 2.47. The Morgan fingerprint density at radius 3 is 2.31 bits per heavy atom. The number of aliphatic hydroxyl groups excluding tert-OH is 1. The summed E-state index contributed by atoms with van der Waals surface area (Å²) in [4.78, 5) is 0. The first-order valence-electron chi connectivity index (χ1n) is 6.03. The topological polar surface area (TPSA) is 32.3 Å². The molecule has 4 heteroatoms.